The van der Waals surface area contributed by atoms with E-state index in [1.165, 1.54) is 0 Å². The monoisotopic (exact) mass is 271 g/mol. The number of nitrogen functional groups attached to an aromatic ring is 1. The molecule has 0 radical (unpaired) electrons. The number of hydrogen-bond acceptors (Lipinski definition) is 3. The summed E-state index contributed by atoms with van der Waals surface area (Å²) < 4.78 is 0. The van der Waals surface area contributed by atoms with Gasteiger partial charge in [0.1, 0.15) is 0 Å². The van der Waals surface area contributed by atoms with E-state index in [0.717, 1.165) is 21.8 Å². The summed E-state index contributed by atoms with van der Waals surface area (Å²) in [7, 11) is 0. The van der Waals surface area contributed by atoms with Gasteiger partial charge < -0.3 is 5.73 Å². The van der Waals surface area contributed by atoms with E-state index in [4.69, 9.17) is 5.73 Å². The van der Waals surface area contributed by atoms with Crippen molar-refractivity contribution in [3.8, 4) is 0 Å². The Morgan fingerprint density at radius 3 is 2.68 bits per heavy atom. The summed E-state index contributed by atoms with van der Waals surface area (Å²) in [6, 6.07) is 13.1. The van der Waals surface area contributed by atoms with E-state index in [1.807, 2.05) is 31.2 Å². The highest BCUT2D eigenvalue weighted by molar-refractivity contribution is 7.99. The molecule has 0 bridgehead atoms. The number of carbonyl (C=O) groups excluding carboxylic acids is 1. The van der Waals surface area contributed by atoms with E-state index >= 15 is 0 Å². The van der Waals surface area contributed by atoms with Gasteiger partial charge >= 0.3 is 0 Å². The van der Waals surface area contributed by atoms with Crippen molar-refractivity contribution in [3.63, 3.8) is 0 Å². The van der Waals surface area contributed by atoms with Crippen molar-refractivity contribution in [1.82, 2.24) is 0 Å². The molecule has 3 heteroatoms. The van der Waals surface area contributed by atoms with Gasteiger partial charge in [-0.05, 0) is 36.9 Å². The molecule has 0 heterocycles. The molecule has 19 heavy (non-hydrogen) atoms. The van der Waals surface area contributed by atoms with Crippen LogP contribution in [0.3, 0.4) is 0 Å². The Balaban J connectivity index is 2.45. The molecular formula is C16H17NOS. The lowest BCUT2D eigenvalue weighted by Crippen LogP contribution is -2.04. The van der Waals surface area contributed by atoms with Crippen molar-refractivity contribution in [3.05, 3.63) is 59.2 Å². The van der Waals surface area contributed by atoms with Gasteiger partial charge in [-0.15, -0.1) is 11.8 Å². The number of ketones is 1. The summed E-state index contributed by atoms with van der Waals surface area (Å²) in [5.74, 6) is 0.979. The van der Waals surface area contributed by atoms with Crippen LogP contribution in [0.4, 0.5) is 5.69 Å². The number of thioether (sulfide) groups is 1. The molecule has 0 aromatic heterocycles. The highest BCUT2D eigenvalue weighted by atomic mass is 32.2. The zero-order valence-electron chi connectivity index (χ0n) is 11.1. The van der Waals surface area contributed by atoms with Gasteiger partial charge in [0.2, 0.25) is 0 Å². The SMILES string of the molecule is CCSc1ccc(C)cc1C(=O)c1cccc(N)c1. The summed E-state index contributed by atoms with van der Waals surface area (Å²) in [5, 5.41) is 0. The molecule has 2 nitrogen and oxygen atoms in total. The smallest absolute Gasteiger partial charge is 0.194 e. The molecule has 0 aliphatic rings. The first-order valence-electron chi connectivity index (χ1n) is 6.25. The molecule has 2 aromatic carbocycles. The molecule has 0 spiro atoms. The molecule has 98 valence electrons. The van der Waals surface area contributed by atoms with Crippen molar-refractivity contribution in [2.24, 2.45) is 0 Å². The van der Waals surface area contributed by atoms with Crippen LogP contribution in [0.25, 0.3) is 0 Å². The average molecular weight is 271 g/mol. The maximum absolute atomic E-state index is 12.6. The zero-order valence-corrected chi connectivity index (χ0v) is 12.0. The van der Waals surface area contributed by atoms with E-state index < -0.39 is 0 Å². The van der Waals surface area contributed by atoms with Crippen LogP contribution in [0.1, 0.15) is 28.4 Å². The predicted molar refractivity (Wildman–Crippen MR) is 81.9 cm³/mol. The largest absolute Gasteiger partial charge is 0.399 e. The summed E-state index contributed by atoms with van der Waals surface area (Å²) in [5.41, 5.74) is 8.85. The van der Waals surface area contributed by atoms with Crippen molar-refractivity contribution < 1.29 is 4.79 Å². The maximum Gasteiger partial charge on any atom is 0.194 e. The third-order valence-corrected chi connectivity index (χ3v) is 3.78. The molecular weight excluding hydrogens is 254 g/mol. The predicted octanol–water partition coefficient (Wildman–Crippen LogP) is 3.92. The second-order valence-corrected chi connectivity index (χ2v) is 5.69. The first-order chi connectivity index (χ1) is 9.11. The van der Waals surface area contributed by atoms with Gasteiger partial charge in [0, 0.05) is 21.7 Å². The van der Waals surface area contributed by atoms with E-state index in [1.54, 1.807) is 30.0 Å². The van der Waals surface area contributed by atoms with Crippen LogP contribution in [-0.4, -0.2) is 11.5 Å². The van der Waals surface area contributed by atoms with Crippen LogP contribution in [0.15, 0.2) is 47.4 Å². The fourth-order valence-corrected chi connectivity index (χ4v) is 2.72. The number of anilines is 1. The summed E-state index contributed by atoms with van der Waals surface area (Å²) in [6.07, 6.45) is 0. The lowest BCUT2D eigenvalue weighted by molar-refractivity contribution is 0.103. The Labute approximate surface area is 118 Å². The molecule has 2 aromatic rings. The molecule has 0 aliphatic heterocycles. The number of rotatable bonds is 4. The molecule has 0 unspecified atom stereocenters. The second-order valence-electron chi connectivity index (χ2n) is 4.39. The molecule has 0 atom stereocenters. The third-order valence-electron chi connectivity index (χ3n) is 2.83. The van der Waals surface area contributed by atoms with Gasteiger partial charge in [-0.25, -0.2) is 0 Å². The Morgan fingerprint density at radius 1 is 1.21 bits per heavy atom. The third kappa shape index (κ3) is 3.18. The van der Waals surface area contributed by atoms with Crippen molar-refractivity contribution in [1.29, 1.82) is 0 Å². The molecule has 0 aliphatic carbocycles. The average Bonchev–Trinajstić information content (AvgIpc) is 2.40. The number of carbonyl (C=O) groups is 1. The van der Waals surface area contributed by atoms with Crippen LogP contribution in [0.5, 0.6) is 0 Å². The van der Waals surface area contributed by atoms with Crippen LogP contribution in [0.2, 0.25) is 0 Å². The van der Waals surface area contributed by atoms with Gasteiger partial charge in [-0.2, -0.15) is 0 Å². The van der Waals surface area contributed by atoms with E-state index in [2.05, 4.69) is 6.92 Å². The molecule has 2 rings (SSSR count). The van der Waals surface area contributed by atoms with Crippen LogP contribution in [0, 0.1) is 6.92 Å². The fourth-order valence-electron chi connectivity index (χ4n) is 1.94. The second kappa shape index (κ2) is 5.93. The van der Waals surface area contributed by atoms with Gasteiger partial charge in [0.05, 0.1) is 0 Å². The van der Waals surface area contributed by atoms with Gasteiger partial charge in [0.25, 0.3) is 0 Å². The lowest BCUT2D eigenvalue weighted by Gasteiger charge is -2.09. The fraction of sp³-hybridized carbons (Fsp3) is 0.188. The first-order valence-corrected chi connectivity index (χ1v) is 7.24. The minimum Gasteiger partial charge on any atom is -0.399 e. The van der Waals surface area contributed by atoms with E-state index in [0.29, 0.717) is 11.3 Å². The number of aryl methyl sites for hydroxylation is 1. The molecule has 0 fully saturated rings. The van der Waals surface area contributed by atoms with Crippen LogP contribution in [-0.2, 0) is 0 Å². The van der Waals surface area contributed by atoms with Crippen LogP contribution < -0.4 is 5.73 Å². The maximum atomic E-state index is 12.6. The van der Waals surface area contributed by atoms with E-state index in [9.17, 15) is 4.79 Å². The van der Waals surface area contributed by atoms with E-state index in [-0.39, 0.29) is 5.78 Å². The Morgan fingerprint density at radius 2 is 2.00 bits per heavy atom. The Bertz CT molecular complexity index is 607. The van der Waals surface area contributed by atoms with Crippen LogP contribution >= 0.6 is 11.8 Å². The molecule has 0 amide bonds. The van der Waals surface area contributed by atoms with Gasteiger partial charge in [-0.1, -0.05) is 30.7 Å². The number of benzene rings is 2. The molecule has 2 N–H and O–H groups in total. The topological polar surface area (TPSA) is 43.1 Å². The number of hydrogen-bond donors (Lipinski definition) is 1. The minimum absolute atomic E-state index is 0.0342. The highest BCUT2D eigenvalue weighted by Crippen LogP contribution is 2.26. The van der Waals surface area contributed by atoms with Crippen molar-refractivity contribution >= 4 is 23.2 Å². The highest BCUT2D eigenvalue weighted by Gasteiger charge is 2.14. The Kier molecular flexibility index (Phi) is 4.27. The standard InChI is InChI=1S/C16H17NOS/c1-3-19-15-8-7-11(2)9-14(15)16(18)12-5-4-6-13(17)10-12/h4-10H,3,17H2,1-2H3. The van der Waals surface area contributed by atoms with Gasteiger partial charge in [0.15, 0.2) is 5.78 Å². The first kappa shape index (κ1) is 13.7. The normalized spacial score (nSPS) is 10.4. The van der Waals surface area contributed by atoms with Crippen molar-refractivity contribution in [2.45, 2.75) is 18.7 Å². The Hall–Kier alpha value is -1.74. The number of nitrogens with two attached hydrogens (primary N) is 1. The quantitative estimate of drug-likeness (QED) is 0.520. The molecule has 0 saturated carbocycles. The van der Waals surface area contributed by atoms with Crippen molar-refractivity contribution in [2.75, 3.05) is 11.5 Å². The lowest BCUT2D eigenvalue weighted by atomic mass is 10.0. The molecule has 0 saturated heterocycles. The summed E-state index contributed by atoms with van der Waals surface area (Å²) >= 11 is 1.69. The summed E-state index contributed by atoms with van der Waals surface area (Å²) in [4.78, 5) is 13.6. The minimum atomic E-state index is 0.0342. The zero-order chi connectivity index (χ0) is 13.8. The van der Waals surface area contributed by atoms with Gasteiger partial charge in [-0.3, -0.25) is 4.79 Å². The summed E-state index contributed by atoms with van der Waals surface area (Å²) in [6.45, 7) is 4.08.